The molecule has 0 radical (unpaired) electrons. The Kier molecular flexibility index (Phi) is 6.90. The van der Waals surface area contributed by atoms with Gasteiger partial charge < -0.3 is 30.7 Å². The number of benzene rings is 2. The molecule has 1 saturated carbocycles. The lowest BCUT2D eigenvalue weighted by Crippen LogP contribution is -2.70. The number of anilines is 2. The van der Waals surface area contributed by atoms with E-state index in [-0.39, 0.29) is 24.1 Å². The zero-order chi connectivity index (χ0) is 24.4. The van der Waals surface area contributed by atoms with Gasteiger partial charge in [0, 0.05) is 36.3 Å². The average Bonchev–Trinajstić information content (AvgIpc) is 2.89. The van der Waals surface area contributed by atoms with E-state index in [2.05, 4.69) is 10.2 Å². The zero-order valence-electron chi connectivity index (χ0n) is 19.7. The second kappa shape index (κ2) is 10.2. The minimum absolute atomic E-state index is 0.0202. The number of aliphatic hydroxyl groups is 1. The molecular weight excluding hydrogens is 448 g/mol. The van der Waals surface area contributed by atoms with Gasteiger partial charge in [-0.1, -0.05) is 31.0 Å². The average molecular weight is 481 g/mol. The Morgan fingerprint density at radius 2 is 1.83 bits per heavy atom. The molecule has 2 amide bonds. The quantitative estimate of drug-likeness (QED) is 0.447. The summed E-state index contributed by atoms with van der Waals surface area (Å²) in [5.74, 6) is -0.272. The molecule has 1 aliphatic carbocycles. The van der Waals surface area contributed by atoms with E-state index in [1.54, 1.807) is 17.0 Å². The van der Waals surface area contributed by atoms with Crippen molar-refractivity contribution >= 4 is 29.1 Å². The van der Waals surface area contributed by atoms with Gasteiger partial charge >= 0.3 is 6.09 Å². The maximum Gasteiger partial charge on any atom is 0.414 e. The highest BCUT2D eigenvalue weighted by molar-refractivity contribution is 5.96. The van der Waals surface area contributed by atoms with Crippen molar-refractivity contribution in [2.75, 3.05) is 22.9 Å². The number of rotatable bonds is 5. The summed E-state index contributed by atoms with van der Waals surface area (Å²) >= 11 is 0. The first-order valence-electron chi connectivity index (χ1n) is 12.4. The third-order valence-corrected chi connectivity index (χ3v) is 7.43. The highest BCUT2D eigenvalue weighted by atomic mass is 16.6. The Morgan fingerprint density at radius 1 is 1.06 bits per heavy atom. The van der Waals surface area contributed by atoms with E-state index in [9.17, 15) is 19.9 Å². The summed E-state index contributed by atoms with van der Waals surface area (Å²) in [7, 11) is 0. The van der Waals surface area contributed by atoms with Crippen LogP contribution in [0, 0.1) is 5.21 Å². The van der Waals surface area contributed by atoms with Crippen molar-refractivity contribution in [3.8, 4) is 0 Å². The van der Waals surface area contributed by atoms with Crippen LogP contribution in [0.2, 0.25) is 0 Å². The van der Waals surface area contributed by atoms with E-state index in [0.29, 0.717) is 37.4 Å². The molecule has 4 N–H and O–H groups in total. The summed E-state index contributed by atoms with van der Waals surface area (Å²) in [6, 6.07) is 12.8. The molecule has 9 heteroatoms. The molecule has 2 heterocycles. The highest BCUT2D eigenvalue weighted by Crippen LogP contribution is 2.34. The van der Waals surface area contributed by atoms with Crippen LogP contribution in [-0.2, 0) is 11.3 Å². The van der Waals surface area contributed by atoms with Gasteiger partial charge in [-0.3, -0.25) is 9.69 Å². The van der Waals surface area contributed by atoms with Gasteiger partial charge in [-0.25, -0.2) is 4.79 Å². The molecule has 5 rings (SSSR count). The number of cyclic esters (lactones) is 1. The van der Waals surface area contributed by atoms with Gasteiger partial charge in [-0.15, -0.1) is 0 Å². The van der Waals surface area contributed by atoms with Gasteiger partial charge in [0.15, 0.2) is 5.69 Å². The highest BCUT2D eigenvalue weighted by Gasteiger charge is 2.34. The van der Waals surface area contributed by atoms with Crippen molar-refractivity contribution in [1.29, 1.82) is 0 Å². The summed E-state index contributed by atoms with van der Waals surface area (Å²) in [6.45, 7) is 1.65. The van der Waals surface area contributed by atoms with Crippen LogP contribution in [0.4, 0.5) is 21.9 Å². The predicted octanol–water partition coefficient (Wildman–Crippen LogP) is 2.54. The number of aliphatic hydroxyl groups excluding tert-OH is 1. The Labute approximate surface area is 204 Å². The van der Waals surface area contributed by atoms with Gasteiger partial charge in [0.2, 0.25) is 0 Å². The summed E-state index contributed by atoms with van der Waals surface area (Å²) in [5, 5.41) is 25.0. The van der Waals surface area contributed by atoms with Crippen LogP contribution in [-0.4, -0.2) is 48.4 Å². The third-order valence-electron chi connectivity index (χ3n) is 7.43. The fraction of sp³-hybridized carbons (Fsp3) is 0.462. The van der Waals surface area contributed by atoms with Gasteiger partial charge in [0.1, 0.15) is 6.61 Å². The lowest BCUT2D eigenvalue weighted by Gasteiger charge is -2.41. The van der Waals surface area contributed by atoms with Crippen molar-refractivity contribution in [2.45, 2.75) is 63.3 Å². The minimum atomic E-state index is -0.525. The van der Waals surface area contributed by atoms with Crippen molar-refractivity contribution in [3.63, 3.8) is 0 Å². The number of para-hydroxylation sites is 1. The largest absolute Gasteiger partial charge is 0.630 e. The van der Waals surface area contributed by atoms with Crippen LogP contribution < -0.4 is 20.6 Å². The normalized spacial score (nSPS) is 23.0. The smallest absolute Gasteiger partial charge is 0.414 e. The fourth-order valence-electron chi connectivity index (χ4n) is 5.50. The number of nitrogens with zero attached hydrogens (tertiary/aromatic N) is 2. The van der Waals surface area contributed by atoms with Gasteiger partial charge in [0.05, 0.1) is 23.5 Å². The monoisotopic (exact) mass is 480 g/mol. The van der Waals surface area contributed by atoms with Gasteiger partial charge in [-0.2, -0.15) is 0 Å². The molecule has 2 aliphatic heterocycles. The van der Waals surface area contributed by atoms with Crippen molar-refractivity contribution in [3.05, 3.63) is 58.8 Å². The molecule has 186 valence electrons. The summed E-state index contributed by atoms with van der Waals surface area (Å²) in [6.07, 6.45) is 4.05. The Bertz CT molecular complexity index is 1090. The third kappa shape index (κ3) is 4.84. The van der Waals surface area contributed by atoms with E-state index in [1.165, 1.54) is 0 Å². The molecule has 0 aromatic heterocycles. The molecule has 2 aromatic rings. The number of nitrogens with two attached hydrogens (primary N) is 1. The van der Waals surface area contributed by atoms with Gasteiger partial charge in [-0.05, 0) is 43.9 Å². The molecule has 1 saturated heterocycles. The SMILES string of the molecule is O=C(N[C@H]1CCCC[C@H]1O)c1ccc(N2CCC(N3C(=O)OCc4ccccc43)CC2)c([NH2+][O-])c1. The first kappa shape index (κ1) is 23.6. The number of piperidine rings is 1. The van der Waals surface area contributed by atoms with Crippen LogP contribution in [0.3, 0.4) is 0 Å². The summed E-state index contributed by atoms with van der Waals surface area (Å²) < 4.78 is 5.39. The zero-order valence-corrected chi connectivity index (χ0v) is 19.7. The molecule has 35 heavy (non-hydrogen) atoms. The van der Waals surface area contributed by atoms with Crippen LogP contribution in [0.25, 0.3) is 0 Å². The molecule has 3 aliphatic rings. The molecule has 0 unspecified atom stereocenters. The van der Waals surface area contributed by atoms with Crippen LogP contribution in [0.1, 0.15) is 54.4 Å². The fourth-order valence-corrected chi connectivity index (χ4v) is 5.50. The van der Waals surface area contributed by atoms with Crippen molar-refractivity contribution in [2.24, 2.45) is 0 Å². The van der Waals surface area contributed by atoms with Crippen LogP contribution >= 0.6 is 0 Å². The lowest BCUT2D eigenvalue weighted by molar-refractivity contribution is -0.496. The van der Waals surface area contributed by atoms with Crippen LogP contribution in [0.15, 0.2) is 42.5 Å². The Morgan fingerprint density at radius 3 is 2.60 bits per heavy atom. The molecule has 2 aromatic carbocycles. The van der Waals surface area contributed by atoms with E-state index in [4.69, 9.17) is 4.74 Å². The second-order valence-corrected chi connectivity index (χ2v) is 9.59. The minimum Gasteiger partial charge on any atom is -0.630 e. The Balaban J connectivity index is 1.26. The standard InChI is InChI=1S/C26H32N4O5/c31-24-8-4-2-6-20(24)27-25(32)17-9-10-23(21(15-17)28-34)29-13-11-19(12-14-29)30-22-7-3-1-5-18(22)16-35-26(30)33/h1,3,5,7,9-10,15,19-20,24,31H,2,4,6,8,11-14,16,28H2,(H,27,32)/t20-,24+/m0/s1. The molecule has 2 fully saturated rings. The number of ether oxygens (including phenoxy) is 1. The second-order valence-electron chi connectivity index (χ2n) is 9.59. The Hall–Kier alpha value is -3.14. The first-order chi connectivity index (χ1) is 17.0. The topological polar surface area (TPSA) is 122 Å². The summed E-state index contributed by atoms with van der Waals surface area (Å²) in [5.41, 5.74) is 4.36. The number of hydrogen-bond donors (Lipinski definition) is 3. The number of fused-ring (bicyclic) bond motifs is 1. The predicted molar refractivity (Wildman–Crippen MR) is 131 cm³/mol. The first-order valence-corrected chi connectivity index (χ1v) is 12.4. The number of nitrogens with one attached hydrogen (secondary N) is 1. The number of carbonyl (C=O) groups excluding carboxylic acids is 2. The lowest BCUT2D eigenvalue weighted by atomic mass is 9.92. The number of quaternary nitrogens is 1. The molecule has 2 atom stereocenters. The molecule has 0 spiro atoms. The molecule has 9 nitrogen and oxygen atoms in total. The van der Waals surface area contributed by atoms with Crippen molar-refractivity contribution in [1.82, 2.24) is 5.32 Å². The number of amides is 2. The van der Waals surface area contributed by atoms with E-state index in [0.717, 1.165) is 54.5 Å². The maximum atomic E-state index is 12.8. The molecule has 0 bridgehead atoms. The molecular formula is C26H32N4O5. The van der Waals surface area contributed by atoms with Crippen molar-refractivity contribution < 1.29 is 24.9 Å². The number of carbonyl (C=O) groups is 2. The van der Waals surface area contributed by atoms with E-state index >= 15 is 0 Å². The summed E-state index contributed by atoms with van der Waals surface area (Å²) in [4.78, 5) is 29.2. The van der Waals surface area contributed by atoms with Gasteiger partial charge in [0.25, 0.3) is 5.91 Å². The van der Waals surface area contributed by atoms with Crippen LogP contribution in [0.5, 0.6) is 0 Å². The van der Waals surface area contributed by atoms with E-state index in [1.807, 2.05) is 30.3 Å². The maximum absolute atomic E-state index is 12.8. The number of hydrogen-bond acceptors (Lipinski definition) is 6. The van der Waals surface area contributed by atoms with E-state index < -0.39 is 6.10 Å².